The van der Waals surface area contributed by atoms with Crippen molar-refractivity contribution in [1.82, 2.24) is 10.6 Å². The Kier molecular flexibility index (Phi) is 5.90. The molecule has 8 unspecified atom stereocenters. The van der Waals surface area contributed by atoms with Crippen molar-refractivity contribution in [2.45, 2.75) is 107 Å². The Morgan fingerprint density at radius 1 is 1.04 bits per heavy atom. The minimum atomic E-state index is -0.775. The maximum Gasteiger partial charge on any atom is 0.207 e. The van der Waals surface area contributed by atoms with E-state index in [1.165, 1.54) is 0 Å². The zero-order valence-electron chi connectivity index (χ0n) is 18.3. The van der Waals surface area contributed by atoms with Crippen LogP contribution in [0.15, 0.2) is 0 Å². The predicted octanol–water partition coefficient (Wildman–Crippen LogP) is 3.22. The van der Waals surface area contributed by atoms with Gasteiger partial charge in [0.05, 0.1) is 22.2 Å². The zero-order chi connectivity index (χ0) is 21.0. The molecule has 1 heterocycles. The molecule has 2 aliphatic carbocycles. The van der Waals surface area contributed by atoms with Crippen LogP contribution in [0.2, 0.25) is 0 Å². The van der Waals surface area contributed by atoms with E-state index in [0.717, 1.165) is 44.9 Å². The first kappa shape index (κ1) is 22.3. The summed E-state index contributed by atoms with van der Waals surface area (Å²) in [7, 11) is 1.94. The Labute approximate surface area is 175 Å². The molecular weight excluding hydrogens is 376 g/mol. The van der Waals surface area contributed by atoms with Gasteiger partial charge in [-0.2, -0.15) is 0 Å². The summed E-state index contributed by atoms with van der Waals surface area (Å²) >= 11 is 6.57. The fourth-order valence-electron chi connectivity index (χ4n) is 6.80. The van der Waals surface area contributed by atoms with Gasteiger partial charge in [0.2, 0.25) is 6.41 Å². The van der Waals surface area contributed by atoms with E-state index in [0.29, 0.717) is 11.8 Å². The van der Waals surface area contributed by atoms with Crippen LogP contribution in [0.5, 0.6) is 0 Å². The molecule has 3 N–H and O–H groups in total. The minimum Gasteiger partial charge on any atom is -0.389 e. The van der Waals surface area contributed by atoms with Gasteiger partial charge in [-0.25, -0.2) is 0 Å². The van der Waals surface area contributed by atoms with Crippen molar-refractivity contribution in [3.63, 3.8) is 0 Å². The van der Waals surface area contributed by atoms with E-state index < -0.39 is 5.60 Å². The van der Waals surface area contributed by atoms with E-state index in [1.54, 1.807) is 0 Å². The molecule has 2 saturated carbocycles. The SMILES string of the molecule is CNC1C2C(CCC1(C)O)C(C)(NC=O)CCC2C1(C)CCC(Cl)C(C)(C)O1. The number of rotatable bonds is 4. The number of ether oxygens (including phenoxy) is 1. The standard InChI is InChI=1S/C22H39ClN2O3/c1-19(2)16(23)9-12-22(5,28-19)15-7-10-20(3,25-13-26)14-8-11-21(4,27)18(24-6)17(14)15/h13-18,24,27H,7-12H2,1-6H3,(H,25,26). The van der Waals surface area contributed by atoms with Crippen LogP contribution in [0.1, 0.15) is 73.1 Å². The third-order valence-corrected chi connectivity index (χ3v) is 9.11. The van der Waals surface area contributed by atoms with Crippen LogP contribution in [0.3, 0.4) is 0 Å². The second-order valence-electron chi connectivity index (χ2n) is 10.7. The fourth-order valence-corrected chi connectivity index (χ4v) is 6.95. The summed E-state index contributed by atoms with van der Waals surface area (Å²) in [4.78, 5) is 11.4. The second kappa shape index (κ2) is 7.40. The van der Waals surface area contributed by atoms with Gasteiger partial charge in [-0.1, -0.05) is 0 Å². The lowest BCUT2D eigenvalue weighted by molar-refractivity contribution is -0.223. The van der Waals surface area contributed by atoms with Gasteiger partial charge >= 0.3 is 0 Å². The summed E-state index contributed by atoms with van der Waals surface area (Å²) in [5.74, 6) is 0.811. The molecule has 0 spiro atoms. The van der Waals surface area contributed by atoms with E-state index >= 15 is 0 Å². The molecule has 0 bridgehead atoms. The molecule has 0 radical (unpaired) electrons. The molecule has 1 amide bonds. The van der Waals surface area contributed by atoms with Gasteiger partial charge in [0, 0.05) is 11.6 Å². The van der Waals surface area contributed by atoms with Crippen molar-refractivity contribution in [2.75, 3.05) is 7.05 Å². The quantitative estimate of drug-likeness (QED) is 0.488. The molecule has 0 aromatic rings. The van der Waals surface area contributed by atoms with Gasteiger partial charge in [0.25, 0.3) is 0 Å². The molecule has 3 rings (SSSR count). The number of hydrogen-bond acceptors (Lipinski definition) is 4. The van der Waals surface area contributed by atoms with Crippen LogP contribution >= 0.6 is 11.6 Å². The van der Waals surface area contributed by atoms with Gasteiger partial charge in [-0.3, -0.25) is 4.79 Å². The third kappa shape index (κ3) is 3.61. The lowest BCUT2D eigenvalue weighted by Crippen LogP contribution is -2.70. The maximum atomic E-state index is 11.4. The maximum absolute atomic E-state index is 11.4. The molecule has 8 atom stereocenters. The molecule has 1 saturated heterocycles. The Morgan fingerprint density at radius 3 is 2.25 bits per heavy atom. The molecule has 1 aliphatic heterocycles. The Hall–Kier alpha value is -0.360. The second-order valence-corrected chi connectivity index (χ2v) is 11.2. The smallest absolute Gasteiger partial charge is 0.207 e. The summed E-state index contributed by atoms with van der Waals surface area (Å²) in [6.45, 7) is 10.5. The molecule has 5 nitrogen and oxygen atoms in total. The molecule has 6 heteroatoms. The number of nitrogens with one attached hydrogen (secondary N) is 2. The Bertz CT molecular complexity index is 598. The minimum absolute atomic E-state index is 0.0107. The Morgan fingerprint density at radius 2 is 1.68 bits per heavy atom. The van der Waals surface area contributed by atoms with Crippen molar-refractivity contribution in [3.8, 4) is 0 Å². The highest BCUT2D eigenvalue weighted by Crippen LogP contribution is 2.56. The number of alkyl halides is 1. The summed E-state index contributed by atoms with van der Waals surface area (Å²) in [6, 6.07) is -0.0402. The van der Waals surface area contributed by atoms with Crippen molar-refractivity contribution in [3.05, 3.63) is 0 Å². The topological polar surface area (TPSA) is 70.6 Å². The summed E-state index contributed by atoms with van der Waals surface area (Å²) in [5, 5.41) is 17.8. The Balaban J connectivity index is 2.00. The fraction of sp³-hybridized carbons (Fsp3) is 0.955. The zero-order valence-corrected chi connectivity index (χ0v) is 19.1. The molecule has 3 fully saturated rings. The summed E-state index contributed by atoms with van der Waals surface area (Å²) in [5.41, 5.74) is -1.69. The van der Waals surface area contributed by atoms with Gasteiger partial charge in [-0.15, -0.1) is 11.6 Å². The van der Waals surface area contributed by atoms with E-state index in [-0.39, 0.29) is 34.1 Å². The number of fused-ring (bicyclic) bond motifs is 1. The molecule has 162 valence electrons. The van der Waals surface area contributed by atoms with E-state index in [1.807, 2.05) is 14.0 Å². The van der Waals surface area contributed by atoms with Crippen molar-refractivity contribution >= 4 is 18.0 Å². The van der Waals surface area contributed by atoms with Crippen LogP contribution in [0.25, 0.3) is 0 Å². The largest absolute Gasteiger partial charge is 0.389 e. The van der Waals surface area contributed by atoms with Gasteiger partial charge in [0.15, 0.2) is 0 Å². The van der Waals surface area contributed by atoms with Crippen LogP contribution in [0.4, 0.5) is 0 Å². The number of aliphatic hydroxyl groups is 1. The van der Waals surface area contributed by atoms with Crippen LogP contribution in [-0.2, 0) is 9.53 Å². The van der Waals surface area contributed by atoms with Gasteiger partial charge in [-0.05, 0) is 97.9 Å². The first-order valence-corrected chi connectivity index (χ1v) is 11.3. The average Bonchev–Trinajstić information content (AvgIpc) is 2.57. The number of hydrogen-bond donors (Lipinski definition) is 3. The molecular formula is C22H39ClN2O3. The van der Waals surface area contributed by atoms with Crippen molar-refractivity contribution in [2.24, 2.45) is 17.8 Å². The normalized spacial score (nSPS) is 51.2. The lowest BCUT2D eigenvalue weighted by atomic mass is 9.50. The van der Waals surface area contributed by atoms with Gasteiger partial charge < -0.3 is 20.5 Å². The highest BCUT2D eigenvalue weighted by molar-refractivity contribution is 6.21. The predicted molar refractivity (Wildman–Crippen MR) is 112 cm³/mol. The first-order chi connectivity index (χ1) is 12.9. The first-order valence-electron chi connectivity index (χ1n) is 10.9. The van der Waals surface area contributed by atoms with E-state index in [2.05, 4.69) is 38.3 Å². The van der Waals surface area contributed by atoms with Gasteiger partial charge in [0.1, 0.15) is 0 Å². The van der Waals surface area contributed by atoms with Crippen molar-refractivity contribution < 1.29 is 14.6 Å². The highest BCUT2D eigenvalue weighted by atomic mass is 35.5. The highest BCUT2D eigenvalue weighted by Gasteiger charge is 2.60. The number of amides is 1. The summed E-state index contributed by atoms with van der Waals surface area (Å²) < 4.78 is 6.72. The number of carbonyl (C=O) groups excluding carboxylic acids is 1. The van der Waals surface area contributed by atoms with E-state index in [9.17, 15) is 9.90 Å². The monoisotopic (exact) mass is 414 g/mol. The van der Waals surface area contributed by atoms with Crippen LogP contribution < -0.4 is 10.6 Å². The van der Waals surface area contributed by atoms with Crippen molar-refractivity contribution in [1.29, 1.82) is 0 Å². The van der Waals surface area contributed by atoms with Crippen LogP contribution in [-0.4, -0.2) is 52.3 Å². The number of halogens is 1. The molecule has 0 aromatic carbocycles. The summed E-state index contributed by atoms with van der Waals surface area (Å²) in [6.07, 6.45) is 6.24. The molecule has 0 aromatic heterocycles. The molecule has 3 aliphatic rings. The number of likely N-dealkylation sites (N-methyl/N-ethyl adjacent to an activating group) is 1. The molecule has 28 heavy (non-hydrogen) atoms. The van der Waals surface area contributed by atoms with E-state index in [4.69, 9.17) is 16.3 Å². The third-order valence-electron chi connectivity index (χ3n) is 8.37. The van der Waals surface area contributed by atoms with Crippen LogP contribution in [0, 0.1) is 17.8 Å². The number of carbonyl (C=O) groups is 1. The lowest BCUT2D eigenvalue weighted by Gasteiger charge is -2.62. The average molecular weight is 415 g/mol.